The van der Waals surface area contributed by atoms with Crippen LogP contribution >= 0.6 is 0 Å². The second kappa shape index (κ2) is 5.09. The average molecular weight is 280 g/mol. The Hall–Kier alpha value is -0.975. The summed E-state index contributed by atoms with van der Waals surface area (Å²) in [7, 11) is 3.35. The van der Waals surface area contributed by atoms with E-state index in [9.17, 15) is 4.39 Å². The van der Waals surface area contributed by atoms with Crippen molar-refractivity contribution in [1.82, 2.24) is 9.88 Å². The fourth-order valence-corrected chi connectivity index (χ4v) is 2.13. The third-order valence-corrected chi connectivity index (χ3v) is 3.98. The first-order valence-electron chi connectivity index (χ1n) is 6.77. The number of halogens is 1. The second-order valence-corrected chi connectivity index (χ2v) is 6.53. The van der Waals surface area contributed by atoms with Crippen LogP contribution in [0.4, 0.5) is 4.39 Å². The zero-order valence-corrected chi connectivity index (χ0v) is 13.0. The quantitative estimate of drug-likeness (QED) is 0.622. The van der Waals surface area contributed by atoms with Crippen LogP contribution in [-0.2, 0) is 15.9 Å². The molecule has 1 fully saturated rings. The molecule has 0 radical (unpaired) electrons. The largest absolute Gasteiger partial charge is 0.495 e. The average Bonchev–Trinajstić information content (AvgIpc) is 2.50. The Labute approximate surface area is 120 Å². The molecule has 1 aromatic heterocycles. The summed E-state index contributed by atoms with van der Waals surface area (Å²) >= 11 is 0. The molecule has 1 aliphatic heterocycles. The van der Waals surface area contributed by atoms with E-state index < -0.39 is 24.3 Å². The van der Waals surface area contributed by atoms with Gasteiger partial charge in [-0.05, 0) is 58.9 Å². The fourth-order valence-electron chi connectivity index (χ4n) is 2.13. The van der Waals surface area contributed by atoms with Crippen LogP contribution in [0.15, 0.2) is 12.3 Å². The van der Waals surface area contributed by atoms with Gasteiger partial charge in [-0.3, -0.25) is 0 Å². The Bertz CT molecular complexity index is 490. The Balaban J connectivity index is 2.36. The molecule has 1 saturated heterocycles. The van der Waals surface area contributed by atoms with E-state index in [0.717, 1.165) is 5.56 Å². The molecule has 2 heterocycles. The topological polar surface area (TPSA) is 34.6 Å². The molecule has 0 unspecified atom stereocenters. The lowest BCUT2D eigenvalue weighted by Gasteiger charge is -2.32. The van der Waals surface area contributed by atoms with Crippen molar-refractivity contribution in [3.8, 4) is 0 Å². The number of nitrogens with zero attached hydrogens (tertiary/aromatic N) is 2. The SMILES string of the molecule is CN(C)Cc1cnc(F)cc1B1OC(C)(C)C(C)(C)O1. The molecule has 0 aliphatic carbocycles. The third kappa shape index (κ3) is 2.87. The molecule has 1 aliphatic rings. The maximum atomic E-state index is 13.5. The number of hydrogen-bond acceptors (Lipinski definition) is 4. The van der Waals surface area contributed by atoms with E-state index in [-0.39, 0.29) is 0 Å². The van der Waals surface area contributed by atoms with E-state index in [1.807, 2.05) is 46.7 Å². The summed E-state index contributed by atoms with van der Waals surface area (Å²) in [6.45, 7) is 8.59. The van der Waals surface area contributed by atoms with Crippen molar-refractivity contribution in [2.24, 2.45) is 0 Å². The summed E-state index contributed by atoms with van der Waals surface area (Å²) in [5.41, 5.74) is 0.749. The van der Waals surface area contributed by atoms with E-state index >= 15 is 0 Å². The highest BCUT2D eigenvalue weighted by Crippen LogP contribution is 2.36. The van der Waals surface area contributed by atoms with Crippen molar-refractivity contribution in [2.45, 2.75) is 45.4 Å². The highest BCUT2D eigenvalue weighted by molar-refractivity contribution is 6.62. The predicted octanol–water partition coefficient (Wildman–Crippen LogP) is 1.58. The number of rotatable bonds is 3. The zero-order chi connectivity index (χ0) is 15.1. The molecule has 6 heteroatoms. The van der Waals surface area contributed by atoms with Crippen LogP contribution in [0.3, 0.4) is 0 Å². The van der Waals surface area contributed by atoms with Gasteiger partial charge in [0, 0.05) is 12.7 Å². The Kier molecular flexibility index (Phi) is 3.93. The lowest BCUT2D eigenvalue weighted by molar-refractivity contribution is 0.00578. The third-order valence-electron chi connectivity index (χ3n) is 3.98. The van der Waals surface area contributed by atoms with Crippen molar-refractivity contribution < 1.29 is 13.7 Å². The molecule has 110 valence electrons. The van der Waals surface area contributed by atoms with Crippen molar-refractivity contribution >= 4 is 12.6 Å². The van der Waals surface area contributed by atoms with E-state index in [1.165, 1.54) is 6.07 Å². The predicted molar refractivity (Wildman–Crippen MR) is 77.3 cm³/mol. The fraction of sp³-hybridized carbons (Fsp3) is 0.643. The highest BCUT2D eigenvalue weighted by atomic mass is 19.1. The van der Waals surface area contributed by atoms with Crippen LogP contribution in [0.2, 0.25) is 0 Å². The van der Waals surface area contributed by atoms with Gasteiger partial charge in [0.05, 0.1) is 11.2 Å². The van der Waals surface area contributed by atoms with Gasteiger partial charge in [-0.25, -0.2) is 4.98 Å². The monoisotopic (exact) mass is 280 g/mol. The normalized spacial score (nSPS) is 20.7. The molecule has 4 nitrogen and oxygen atoms in total. The molecule has 0 saturated carbocycles. The van der Waals surface area contributed by atoms with Gasteiger partial charge in [-0.15, -0.1) is 0 Å². The van der Waals surface area contributed by atoms with E-state index in [4.69, 9.17) is 9.31 Å². The van der Waals surface area contributed by atoms with Crippen molar-refractivity contribution in [3.05, 3.63) is 23.8 Å². The van der Waals surface area contributed by atoms with Gasteiger partial charge in [0.2, 0.25) is 5.95 Å². The van der Waals surface area contributed by atoms with Gasteiger partial charge in [-0.1, -0.05) is 0 Å². The molecular formula is C14H22BFN2O2. The maximum Gasteiger partial charge on any atom is 0.495 e. The van der Waals surface area contributed by atoms with Crippen LogP contribution in [0.1, 0.15) is 33.3 Å². The van der Waals surface area contributed by atoms with E-state index in [2.05, 4.69) is 4.98 Å². The van der Waals surface area contributed by atoms with Gasteiger partial charge in [0.15, 0.2) is 0 Å². The van der Waals surface area contributed by atoms with Gasteiger partial charge in [0.25, 0.3) is 0 Å². The minimum absolute atomic E-state index is 0.438. The lowest BCUT2D eigenvalue weighted by Crippen LogP contribution is -2.41. The van der Waals surface area contributed by atoms with Crippen molar-refractivity contribution in [3.63, 3.8) is 0 Å². The smallest absolute Gasteiger partial charge is 0.399 e. The van der Waals surface area contributed by atoms with Crippen LogP contribution in [-0.4, -0.2) is 42.3 Å². The summed E-state index contributed by atoms with van der Waals surface area (Å²) in [6.07, 6.45) is 1.55. The summed E-state index contributed by atoms with van der Waals surface area (Å²) < 4.78 is 25.5. The molecule has 1 aromatic rings. The lowest BCUT2D eigenvalue weighted by atomic mass is 9.76. The van der Waals surface area contributed by atoms with E-state index in [0.29, 0.717) is 12.0 Å². The molecule has 0 aromatic carbocycles. The number of pyridine rings is 1. The number of aromatic nitrogens is 1. The summed E-state index contributed by atoms with van der Waals surface area (Å²) in [5, 5.41) is 0. The first-order chi connectivity index (χ1) is 9.12. The molecule has 0 amide bonds. The molecule has 0 N–H and O–H groups in total. The van der Waals surface area contributed by atoms with Gasteiger partial charge >= 0.3 is 7.12 Å². The Morgan fingerprint density at radius 2 is 1.75 bits per heavy atom. The van der Waals surface area contributed by atoms with Gasteiger partial charge < -0.3 is 14.2 Å². The molecule has 2 rings (SSSR count). The van der Waals surface area contributed by atoms with Crippen molar-refractivity contribution in [1.29, 1.82) is 0 Å². The summed E-state index contributed by atoms with van der Waals surface area (Å²) in [5.74, 6) is -0.516. The number of hydrogen-bond donors (Lipinski definition) is 0. The molecule has 0 bridgehead atoms. The minimum atomic E-state index is -0.563. The van der Waals surface area contributed by atoms with Crippen LogP contribution in [0.25, 0.3) is 0 Å². The summed E-state index contributed by atoms with van der Waals surface area (Å²) in [4.78, 5) is 5.74. The first kappa shape index (κ1) is 15.4. The van der Waals surface area contributed by atoms with Gasteiger partial charge in [-0.2, -0.15) is 4.39 Å². The highest BCUT2D eigenvalue weighted by Gasteiger charge is 2.52. The van der Waals surface area contributed by atoms with Crippen LogP contribution in [0, 0.1) is 5.95 Å². The van der Waals surface area contributed by atoms with Gasteiger partial charge in [0.1, 0.15) is 0 Å². The zero-order valence-electron chi connectivity index (χ0n) is 13.0. The molecule has 0 atom stereocenters. The molecular weight excluding hydrogens is 258 g/mol. The Morgan fingerprint density at radius 3 is 2.25 bits per heavy atom. The van der Waals surface area contributed by atoms with Crippen LogP contribution < -0.4 is 5.46 Å². The minimum Gasteiger partial charge on any atom is -0.399 e. The summed E-state index contributed by atoms with van der Waals surface area (Å²) in [6, 6.07) is 1.40. The van der Waals surface area contributed by atoms with Crippen LogP contribution in [0.5, 0.6) is 0 Å². The maximum absolute atomic E-state index is 13.5. The molecule has 0 spiro atoms. The second-order valence-electron chi connectivity index (χ2n) is 6.53. The first-order valence-corrected chi connectivity index (χ1v) is 6.77. The standard InChI is InChI=1S/C14H22BFN2O2/c1-13(2)14(3,4)20-15(19-13)11-7-12(16)17-8-10(11)9-18(5)6/h7-8H,9H2,1-6H3. The van der Waals surface area contributed by atoms with Crippen molar-refractivity contribution in [2.75, 3.05) is 14.1 Å². The molecule has 20 heavy (non-hydrogen) atoms. The van der Waals surface area contributed by atoms with E-state index in [1.54, 1.807) is 6.20 Å². The Morgan fingerprint density at radius 1 is 1.20 bits per heavy atom.